The number of carbonyl (C=O) groups is 1. The van der Waals surface area contributed by atoms with Gasteiger partial charge in [0.05, 0.1) is 0 Å². The van der Waals surface area contributed by atoms with Crippen LogP contribution in [0.25, 0.3) is 6.08 Å². The fourth-order valence-corrected chi connectivity index (χ4v) is 2.52. The van der Waals surface area contributed by atoms with Crippen LogP contribution in [0.5, 0.6) is 11.5 Å². The van der Waals surface area contributed by atoms with E-state index >= 15 is 0 Å². The summed E-state index contributed by atoms with van der Waals surface area (Å²) in [6, 6.07) is 25.1. The largest absolute Gasteiger partial charge is 0.489 e. The Morgan fingerprint density at radius 1 is 0.815 bits per heavy atom. The third kappa shape index (κ3) is 5.86. The first-order valence-electron chi connectivity index (χ1n) is 8.98. The molecule has 0 spiro atoms. The summed E-state index contributed by atoms with van der Waals surface area (Å²) in [6.07, 6.45) is 4.11. The van der Waals surface area contributed by atoms with Gasteiger partial charge < -0.3 is 9.47 Å². The zero-order chi connectivity index (χ0) is 18.9. The number of ether oxygens (including phenoxy) is 2. The topological polar surface area (TPSA) is 35.5 Å². The Morgan fingerprint density at radius 2 is 1.48 bits per heavy atom. The predicted octanol–water partition coefficient (Wildman–Crippen LogP) is 5.45. The smallest absolute Gasteiger partial charge is 0.336 e. The molecule has 3 nitrogen and oxygen atoms in total. The summed E-state index contributed by atoms with van der Waals surface area (Å²) in [5.74, 6) is 0.935. The lowest BCUT2D eigenvalue weighted by Crippen LogP contribution is -2.03. The van der Waals surface area contributed by atoms with E-state index < -0.39 is 5.97 Å². The maximum absolute atomic E-state index is 11.9. The van der Waals surface area contributed by atoms with Gasteiger partial charge in [0.1, 0.15) is 18.1 Å². The zero-order valence-electron chi connectivity index (χ0n) is 15.3. The van der Waals surface area contributed by atoms with Crippen LogP contribution in [0, 0.1) is 0 Å². The van der Waals surface area contributed by atoms with Crippen LogP contribution in [0.15, 0.2) is 84.9 Å². The van der Waals surface area contributed by atoms with E-state index in [9.17, 15) is 4.79 Å². The molecule has 0 saturated heterocycles. The number of carbonyl (C=O) groups excluding carboxylic acids is 1. The van der Waals surface area contributed by atoms with Gasteiger partial charge >= 0.3 is 5.97 Å². The maximum Gasteiger partial charge on any atom is 0.336 e. The van der Waals surface area contributed by atoms with Gasteiger partial charge in [-0.3, -0.25) is 0 Å². The van der Waals surface area contributed by atoms with Crippen LogP contribution in [-0.2, 0) is 17.8 Å². The Bertz CT molecular complexity index is 879. The fourth-order valence-electron chi connectivity index (χ4n) is 2.52. The van der Waals surface area contributed by atoms with Crippen molar-refractivity contribution in [1.82, 2.24) is 0 Å². The van der Waals surface area contributed by atoms with Crippen LogP contribution >= 0.6 is 0 Å². The summed E-state index contributed by atoms with van der Waals surface area (Å²) in [6.45, 7) is 2.61. The van der Waals surface area contributed by atoms with Gasteiger partial charge in [-0.25, -0.2) is 4.79 Å². The van der Waals surface area contributed by atoms with Crippen molar-refractivity contribution in [3.63, 3.8) is 0 Å². The number of rotatable bonds is 7. The van der Waals surface area contributed by atoms with Crippen molar-refractivity contribution >= 4 is 12.0 Å². The molecular weight excluding hydrogens is 336 g/mol. The van der Waals surface area contributed by atoms with E-state index in [1.807, 2.05) is 78.9 Å². The number of hydrogen-bond donors (Lipinski definition) is 0. The van der Waals surface area contributed by atoms with Gasteiger partial charge in [0.15, 0.2) is 0 Å². The Morgan fingerprint density at radius 3 is 2.15 bits per heavy atom. The summed E-state index contributed by atoms with van der Waals surface area (Å²) >= 11 is 0. The zero-order valence-corrected chi connectivity index (χ0v) is 15.3. The first kappa shape index (κ1) is 18.5. The molecular formula is C24H22O3. The molecule has 0 aliphatic carbocycles. The molecule has 0 aromatic heterocycles. The standard InChI is InChI=1S/C24H22O3/c1-2-19-8-15-23(16-9-19)27-24(25)17-12-20-10-13-22(14-11-20)26-18-21-6-4-3-5-7-21/h3-17H,2,18H2,1H3/b17-12+. The van der Waals surface area contributed by atoms with Crippen molar-refractivity contribution in [1.29, 1.82) is 0 Å². The lowest BCUT2D eigenvalue weighted by Gasteiger charge is -2.06. The van der Waals surface area contributed by atoms with Gasteiger partial charge in [-0.15, -0.1) is 0 Å². The molecule has 3 aromatic carbocycles. The molecule has 0 unspecified atom stereocenters. The van der Waals surface area contributed by atoms with Crippen LogP contribution in [0.1, 0.15) is 23.6 Å². The number of benzene rings is 3. The molecule has 0 radical (unpaired) electrons. The summed E-state index contributed by atoms with van der Waals surface area (Å²) in [5, 5.41) is 0. The summed E-state index contributed by atoms with van der Waals surface area (Å²) < 4.78 is 11.1. The van der Waals surface area contributed by atoms with Crippen LogP contribution < -0.4 is 9.47 Å². The Labute approximate surface area is 159 Å². The molecule has 0 aliphatic heterocycles. The number of esters is 1. The Hall–Kier alpha value is -3.33. The minimum atomic E-state index is -0.399. The molecule has 0 heterocycles. The van der Waals surface area contributed by atoms with Crippen molar-refractivity contribution in [3.8, 4) is 11.5 Å². The molecule has 0 amide bonds. The lowest BCUT2D eigenvalue weighted by atomic mass is 10.2. The minimum Gasteiger partial charge on any atom is -0.489 e. The van der Waals surface area contributed by atoms with Crippen molar-refractivity contribution in [2.24, 2.45) is 0 Å². The van der Waals surface area contributed by atoms with E-state index in [0.717, 1.165) is 23.3 Å². The molecule has 0 fully saturated rings. The highest BCUT2D eigenvalue weighted by molar-refractivity contribution is 5.88. The summed E-state index contributed by atoms with van der Waals surface area (Å²) in [5.41, 5.74) is 3.23. The van der Waals surface area contributed by atoms with Gasteiger partial charge in [-0.05, 0) is 53.5 Å². The first-order valence-corrected chi connectivity index (χ1v) is 8.98. The van der Waals surface area contributed by atoms with E-state index in [1.165, 1.54) is 11.6 Å². The van der Waals surface area contributed by atoms with Gasteiger partial charge in [0.2, 0.25) is 0 Å². The molecule has 3 rings (SSSR count). The summed E-state index contributed by atoms with van der Waals surface area (Å²) in [7, 11) is 0. The third-order valence-electron chi connectivity index (χ3n) is 4.09. The quantitative estimate of drug-likeness (QED) is 0.320. The molecule has 136 valence electrons. The number of aryl methyl sites for hydroxylation is 1. The van der Waals surface area contributed by atoms with E-state index in [4.69, 9.17) is 9.47 Å². The molecule has 0 saturated carbocycles. The van der Waals surface area contributed by atoms with E-state index in [2.05, 4.69) is 6.92 Å². The van der Waals surface area contributed by atoms with Crippen LogP contribution in [0.3, 0.4) is 0 Å². The van der Waals surface area contributed by atoms with E-state index in [0.29, 0.717) is 12.4 Å². The van der Waals surface area contributed by atoms with Gasteiger partial charge in [-0.1, -0.05) is 61.5 Å². The van der Waals surface area contributed by atoms with Crippen molar-refractivity contribution in [2.75, 3.05) is 0 Å². The highest BCUT2D eigenvalue weighted by atomic mass is 16.5. The molecule has 27 heavy (non-hydrogen) atoms. The minimum absolute atomic E-state index is 0.399. The van der Waals surface area contributed by atoms with E-state index in [-0.39, 0.29) is 0 Å². The molecule has 3 aromatic rings. The van der Waals surface area contributed by atoms with Crippen molar-refractivity contribution < 1.29 is 14.3 Å². The number of hydrogen-bond acceptors (Lipinski definition) is 3. The van der Waals surface area contributed by atoms with Crippen LogP contribution in [0.2, 0.25) is 0 Å². The molecule has 0 bridgehead atoms. The first-order chi connectivity index (χ1) is 13.2. The second-order valence-corrected chi connectivity index (χ2v) is 6.10. The third-order valence-corrected chi connectivity index (χ3v) is 4.09. The fraction of sp³-hybridized carbons (Fsp3) is 0.125. The molecule has 0 aliphatic rings. The highest BCUT2D eigenvalue weighted by Gasteiger charge is 2.01. The van der Waals surface area contributed by atoms with Crippen molar-refractivity contribution in [3.05, 3.63) is 102 Å². The molecule has 3 heteroatoms. The Balaban J connectivity index is 1.51. The monoisotopic (exact) mass is 358 g/mol. The van der Waals surface area contributed by atoms with Gasteiger partial charge in [0, 0.05) is 6.08 Å². The molecule has 0 N–H and O–H groups in total. The second-order valence-electron chi connectivity index (χ2n) is 6.10. The maximum atomic E-state index is 11.9. The normalized spacial score (nSPS) is 10.7. The summed E-state index contributed by atoms with van der Waals surface area (Å²) in [4.78, 5) is 11.9. The van der Waals surface area contributed by atoms with Gasteiger partial charge in [-0.2, -0.15) is 0 Å². The van der Waals surface area contributed by atoms with Crippen LogP contribution in [-0.4, -0.2) is 5.97 Å². The van der Waals surface area contributed by atoms with Crippen LogP contribution in [0.4, 0.5) is 0 Å². The average Bonchev–Trinajstić information content (AvgIpc) is 2.73. The molecule has 0 atom stereocenters. The predicted molar refractivity (Wildman–Crippen MR) is 108 cm³/mol. The highest BCUT2D eigenvalue weighted by Crippen LogP contribution is 2.16. The van der Waals surface area contributed by atoms with Crippen molar-refractivity contribution in [2.45, 2.75) is 20.0 Å². The second kappa shape index (κ2) is 9.39. The Kier molecular flexibility index (Phi) is 6.42. The SMILES string of the molecule is CCc1ccc(OC(=O)/C=C/c2ccc(OCc3ccccc3)cc2)cc1. The van der Waals surface area contributed by atoms with E-state index in [1.54, 1.807) is 6.08 Å². The lowest BCUT2D eigenvalue weighted by molar-refractivity contribution is -0.128. The average molecular weight is 358 g/mol. The van der Waals surface area contributed by atoms with Gasteiger partial charge in [0.25, 0.3) is 0 Å².